The van der Waals surface area contributed by atoms with Gasteiger partial charge in [0.1, 0.15) is 5.75 Å². The number of aromatic hydroxyl groups is 1. The van der Waals surface area contributed by atoms with Crippen LogP contribution in [0, 0.1) is 5.41 Å². The van der Waals surface area contributed by atoms with Gasteiger partial charge in [0, 0.05) is 17.3 Å². The van der Waals surface area contributed by atoms with Crippen molar-refractivity contribution in [1.82, 2.24) is 0 Å². The summed E-state index contributed by atoms with van der Waals surface area (Å²) < 4.78 is 0. The molecule has 0 saturated carbocycles. The van der Waals surface area contributed by atoms with Crippen LogP contribution in [0.25, 0.3) is 11.1 Å². The van der Waals surface area contributed by atoms with Crippen LogP contribution in [-0.4, -0.2) is 11.3 Å². The molecule has 0 bridgehead atoms. The fourth-order valence-electron chi connectivity index (χ4n) is 1.53. The first kappa shape index (κ1) is 9.46. The molecule has 0 aliphatic carbocycles. The van der Waals surface area contributed by atoms with Crippen molar-refractivity contribution in [3.63, 3.8) is 0 Å². The molecule has 0 heterocycles. The SMILES string of the molecule is N=Cc1cccc(-c2ccccc2)c1O. The Morgan fingerprint density at radius 2 is 1.67 bits per heavy atom. The summed E-state index contributed by atoms with van der Waals surface area (Å²) in [4.78, 5) is 0. The Balaban J connectivity index is 2.59. The quantitative estimate of drug-likeness (QED) is 0.714. The Morgan fingerprint density at radius 3 is 2.33 bits per heavy atom. The second-order valence-corrected chi connectivity index (χ2v) is 3.25. The first-order valence-corrected chi connectivity index (χ1v) is 4.71. The van der Waals surface area contributed by atoms with Gasteiger partial charge in [-0.05, 0) is 11.6 Å². The van der Waals surface area contributed by atoms with E-state index in [4.69, 9.17) is 5.41 Å². The van der Waals surface area contributed by atoms with Crippen molar-refractivity contribution in [3.8, 4) is 16.9 Å². The van der Waals surface area contributed by atoms with Crippen molar-refractivity contribution in [3.05, 3.63) is 54.1 Å². The van der Waals surface area contributed by atoms with Crippen LogP contribution >= 0.6 is 0 Å². The lowest BCUT2D eigenvalue weighted by Crippen LogP contribution is -1.85. The largest absolute Gasteiger partial charge is 0.507 e. The third kappa shape index (κ3) is 1.74. The molecule has 0 aromatic heterocycles. The van der Waals surface area contributed by atoms with Gasteiger partial charge in [0.05, 0.1) is 0 Å². The number of phenols is 1. The van der Waals surface area contributed by atoms with Crippen LogP contribution in [0.15, 0.2) is 48.5 Å². The van der Waals surface area contributed by atoms with E-state index in [1.165, 1.54) is 0 Å². The molecule has 0 radical (unpaired) electrons. The van der Waals surface area contributed by atoms with Gasteiger partial charge in [-0.2, -0.15) is 0 Å². The monoisotopic (exact) mass is 197 g/mol. The lowest BCUT2D eigenvalue weighted by Gasteiger charge is -2.06. The third-order valence-electron chi connectivity index (χ3n) is 2.31. The molecule has 0 aliphatic rings. The highest BCUT2D eigenvalue weighted by Crippen LogP contribution is 2.30. The standard InChI is InChI=1S/C13H11NO/c14-9-11-7-4-8-12(13(11)15)10-5-2-1-3-6-10/h1-9,14-15H. The van der Waals surface area contributed by atoms with Crippen LogP contribution in [0.5, 0.6) is 5.75 Å². The zero-order valence-corrected chi connectivity index (χ0v) is 8.14. The maximum Gasteiger partial charge on any atom is 0.132 e. The molecule has 0 unspecified atom stereocenters. The molecule has 0 spiro atoms. The van der Waals surface area contributed by atoms with Gasteiger partial charge in [-0.25, -0.2) is 0 Å². The Kier molecular flexibility index (Phi) is 2.50. The second kappa shape index (κ2) is 3.96. The number of hydrogen-bond acceptors (Lipinski definition) is 2. The smallest absolute Gasteiger partial charge is 0.132 e. The first-order chi connectivity index (χ1) is 7.33. The highest BCUT2D eigenvalue weighted by atomic mass is 16.3. The van der Waals surface area contributed by atoms with E-state index in [0.717, 1.165) is 17.3 Å². The van der Waals surface area contributed by atoms with Crippen LogP contribution in [0.3, 0.4) is 0 Å². The number of hydrogen-bond donors (Lipinski definition) is 2. The average Bonchev–Trinajstić information content (AvgIpc) is 2.30. The summed E-state index contributed by atoms with van der Waals surface area (Å²) >= 11 is 0. The highest BCUT2D eigenvalue weighted by Gasteiger charge is 2.06. The molecule has 0 aliphatic heterocycles. The minimum absolute atomic E-state index is 0.165. The first-order valence-electron chi connectivity index (χ1n) is 4.71. The van der Waals surface area contributed by atoms with Gasteiger partial charge in [-0.15, -0.1) is 0 Å². The molecule has 0 atom stereocenters. The maximum absolute atomic E-state index is 9.89. The van der Waals surface area contributed by atoms with Gasteiger partial charge >= 0.3 is 0 Å². The van der Waals surface area contributed by atoms with E-state index >= 15 is 0 Å². The van der Waals surface area contributed by atoms with Crippen LogP contribution in [0.4, 0.5) is 0 Å². The normalized spacial score (nSPS) is 9.87. The summed E-state index contributed by atoms with van der Waals surface area (Å²) in [6.45, 7) is 0. The summed E-state index contributed by atoms with van der Waals surface area (Å²) in [5, 5.41) is 17.0. The van der Waals surface area contributed by atoms with Gasteiger partial charge in [0.25, 0.3) is 0 Å². The summed E-state index contributed by atoms with van der Waals surface area (Å²) in [6, 6.07) is 15.0. The van der Waals surface area contributed by atoms with E-state index in [-0.39, 0.29) is 5.75 Å². The number of rotatable bonds is 2. The van der Waals surface area contributed by atoms with Gasteiger partial charge in [-0.3, -0.25) is 0 Å². The van der Waals surface area contributed by atoms with Crippen molar-refractivity contribution in [2.75, 3.05) is 0 Å². The molecule has 15 heavy (non-hydrogen) atoms. The Labute approximate surface area is 88.3 Å². The molecule has 2 aromatic carbocycles. The molecule has 2 rings (SSSR count). The van der Waals surface area contributed by atoms with Crippen molar-refractivity contribution in [2.45, 2.75) is 0 Å². The third-order valence-corrected chi connectivity index (χ3v) is 2.31. The number of nitrogens with one attached hydrogen (secondary N) is 1. The molecule has 0 fully saturated rings. The Hall–Kier alpha value is -2.09. The number of para-hydroxylation sites is 1. The fourth-order valence-corrected chi connectivity index (χ4v) is 1.53. The number of phenolic OH excluding ortho intramolecular Hbond substituents is 1. The lowest BCUT2D eigenvalue weighted by molar-refractivity contribution is 0.476. The maximum atomic E-state index is 9.89. The van der Waals surface area contributed by atoms with Gasteiger partial charge in [-0.1, -0.05) is 42.5 Å². The summed E-state index contributed by atoms with van der Waals surface area (Å²) in [6.07, 6.45) is 1.15. The summed E-state index contributed by atoms with van der Waals surface area (Å²) in [5.41, 5.74) is 2.26. The second-order valence-electron chi connectivity index (χ2n) is 3.25. The van der Waals surface area contributed by atoms with Crippen LogP contribution < -0.4 is 0 Å². The predicted molar refractivity (Wildman–Crippen MR) is 61.4 cm³/mol. The molecular formula is C13H11NO. The van der Waals surface area contributed by atoms with Crippen molar-refractivity contribution in [2.24, 2.45) is 0 Å². The van der Waals surface area contributed by atoms with Crippen molar-refractivity contribution in [1.29, 1.82) is 5.41 Å². The van der Waals surface area contributed by atoms with Crippen LogP contribution in [0.2, 0.25) is 0 Å². The van der Waals surface area contributed by atoms with E-state index in [1.54, 1.807) is 6.07 Å². The zero-order chi connectivity index (χ0) is 10.7. The molecule has 2 heteroatoms. The minimum Gasteiger partial charge on any atom is -0.507 e. The van der Waals surface area contributed by atoms with Crippen LogP contribution in [-0.2, 0) is 0 Å². The minimum atomic E-state index is 0.165. The summed E-state index contributed by atoms with van der Waals surface area (Å²) in [7, 11) is 0. The molecule has 0 amide bonds. The molecular weight excluding hydrogens is 186 g/mol. The zero-order valence-electron chi connectivity index (χ0n) is 8.14. The van der Waals surface area contributed by atoms with E-state index in [9.17, 15) is 5.11 Å². The molecule has 0 saturated heterocycles. The Morgan fingerprint density at radius 1 is 0.933 bits per heavy atom. The molecule has 2 aromatic rings. The van der Waals surface area contributed by atoms with E-state index in [0.29, 0.717) is 5.56 Å². The summed E-state index contributed by atoms with van der Waals surface area (Å²) in [5.74, 6) is 0.165. The van der Waals surface area contributed by atoms with Crippen molar-refractivity contribution >= 4 is 6.21 Å². The highest BCUT2D eigenvalue weighted by molar-refractivity contribution is 5.86. The Bertz CT molecular complexity index is 477. The molecule has 2 nitrogen and oxygen atoms in total. The predicted octanol–water partition coefficient (Wildman–Crippen LogP) is 3.06. The molecule has 2 N–H and O–H groups in total. The lowest BCUT2D eigenvalue weighted by atomic mass is 10.0. The average molecular weight is 197 g/mol. The molecule has 74 valence electrons. The van der Waals surface area contributed by atoms with Gasteiger partial charge in [0.15, 0.2) is 0 Å². The fraction of sp³-hybridized carbons (Fsp3) is 0. The van der Waals surface area contributed by atoms with Gasteiger partial charge in [0.2, 0.25) is 0 Å². The van der Waals surface area contributed by atoms with E-state index < -0.39 is 0 Å². The van der Waals surface area contributed by atoms with E-state index in [2.05, 4.69) is 0 Å². The van der Waals surface area contributed by atoms with Gasteiger partial charge < -0.3 is 10.5 Å². The van der Waals surface area contributed by atoms with Crippen molar-refractivity contribution < 1.29 is 5.11 Å². The number of benzene rings is 2. The van der Waals surface area contributed by atoms with E-state index in [1.807, 2.05) is 42.5 Å². The van der Waals surface area contributed by atoms with Crippen LogP contribution in [0.1, 0.15) is 5.56 Å². The topological polar surface area (TPSA) is 44.1 Å².